The molecule has 3 heterocycles. The normalized spacial score (nSPS) is 18.1. The van der Waals surface area contributed by atoms with E-state index in [0.29, 0.717) is 12.3 Å². The largest absolute Gasteiger partial charge is 0.351 e. The second-order valence-electron chi connectivity index (χ2n) is 7.06. The molecule has 1 aliphatic heterocycles. The van der Waals surface area contributed by atoms with Crippen molar-refractivity contribution >= 4 is 5.91 Å². The van der Waals surface area contributed by atoms with Crippen molar-refractivity contribution in [1.82, 2.24) is 24.5 Å². The van der Waals surface area contributed by atoms with Crippen LogP contribution in [0, 0.1) is 6.92 Å². The number of imidazole rings is 1. The average molecular weight is 345 g/mol. The topological polar surface area (TPSA) is 67.4 Å². The smallest absolute Gasteiger partial charge is 0.292 e. The molecule has 7 heteroatoms. The molecule has 2 aromatic rings. The molecule has 0 aromatic carbocycles. The summed E-state index contributed by atoms with van der Waals surface area (Å²) in [4.78, 5) is 21.3. The summed E-state index contributed by atoms with van der Waals surface area (Å²) >= 11 is 0. The Bertz CT molecular complexity index is 706. The fraction of sp³-hybridized carbons (Fsp3) is 0.611. The van der Waals surface area contributed by atoms with Gasteiger partial charge in [0.2, 0.25) is 5.76 Å². The van der Waals surface area contributed by atoms with E-state index in [2.05, 4.69) is 33.7 Å². The molecule has 3 rings (SSSR count). The van der Waals surface area contributed by atoms with Gasteiger partial charge in [0, 0.05) is 44.0 Å². The van der Waals surface area contributed by atoms with Gasteiger partial charge in [-0.2, -0.15) is 0 Å². The minimum absolute atomic E-state index is 0.0731. The third-order valence-electron chi connectivity index (χ3n) is 4.66. The van der Waals surface area contributed by atoms with Crippen molar-refractivity contribution in [1.29, 1.82) is 0 Å². The van der Waals surface area contributed by atoms with Crippen LogP contribution in [0.1, 0.15) is 47.3 Å². The Morgan fingerprint density at radius 2 is 2.28 bits per heavy atom. The van der Waals surface area contributed by atoms with Crippen LogP contribution in [0.5, 0.6) is 0 Å². The van der Waals surface area contributed by atoms with Crippen molar-refractivity contribution in [3.8, 4) is 0 Å². The summed E-state index contributed by atoms with van der Waals surface area (Å²) < 4.78 is 7.37. The Morgan fingerprint density at radius 1 is 1.44 bits per heavy atom. The first kappa shape index (κ1) is 17.7. The molecule has 0 radical (unpaired) electrons. The van der Waals surface area contributed by atoms with Gasteiger partial charge in [0.05, 0.1) is 5.69 Å². The van der Waals surface area contributed by atoms with Gasteiger partial charge in [-0.1, -0.05) is 5.16 Å². The van der Waals surface area contributed by atoms with Crippen LogP contribution in [0.3, 0.4) is 0 Å². The zero-order chi connectivity index (χ0) is 17.8. The third kappa shape index (κ3) is 4.28. The van der Waals surface area contributed by atoms with Crippen LogP contribution in [0.15, 0.2) is 23.0 Å². The highest BCUT2D eigenvalue weighted by Crippen LogP contribution is 2.27. The van der Waals surface area contributed by atoms with Gasteiger partial charge >= 0.3 is 0 Å². The van der Waals surface area contributed by atoms with E-state index in [1.54, 1.807) is 6.07 Å². The first-order valence-electron chi connectivity index (χ1n) is 8.93. The van der Waals surface area contributed by atoms with Gasteiger partial charge in [0.1, 0.15) is 5.82 Å². The molecule has 1 saturated heterocycles. The number of likely N-dealkylation sites (tertiary alicyclic amines) is 1. The van der Waals surface area contributed by atoms with Gasteiger partial charge in [-0.3, -0.25) is 4.79 Å². The predicted octanol–water partition coefficient (Wildman–Crippen LogP) is 2.15. The minimum atomic E-state index is -0.0731. The maximum Gasteiger partial charge on any atom is 0.292 e. The Hall–Kier alpha value is -2.15. The van der Waals surface area contributed by atoms with Crippen LogP contribution >= 0.6 is 0 Å². The molecule has 2 aromatic heterocycles. The highest BCUT2D eigenvalue weighted by molar-refractivity contribution is 5.91. The van der Waals surface area contributed by atoms with Gasteiger partial charge in [-0.25, -0.2) is 4.98 Å². The molecule has 1 aliphatic rings. The van der Waals surface area contributed by atoms with Gasteiger partial charge < -0.3 is 18.9 Å². The van der Waals surface area contributed by atoms with E-state index in [0.717, 1.165) is 50.4 Å². The second-order valence-corrected chi connectivity index (χ2v) is 7.06. The number of aryl methyl sites for hydroxylation is 2. The summed E-state index contributed by atoms with van der Waals surface area (Å²) in [6.07, 6.45) is 7.04. The van der Waals surface area contributed by atoms with Crippen LogP contribution in [0.4, 0.5) is 0 Å². The van der Waals surface area contributed by atoms with E-state index in [9.17, 15) is 4.79 Å². The third-order valence-corrected chi connectivity index (χ3v) is 4.66. The maximum absolute atomic E-state index is 12.6. The number of nitrogens with zero attached hydrogens (tertiary/aromatic N) is 5. The highest BCUT2D eigenvalue weighted by atomic mass is 16.5. The molecular weight excluding hydrogens is 318 g/mol. The summed E-state index contributed by atoms with van der Waals surface area (Å²) in [5, 5.41) is 3.82. The van der Waals surface area contributed by atoms with E-state index < -0.39 is 0 Å². The van der Waals surface area contributed by atoms with Gasteiger partial charge in [0.15, 0.2) is 0 Å². The summed E-state index contributed by atoms with van der Waals surface area (Å²) in [5.74, 6) is 1.62. The zero-order valence-electron chi connectivity index (χ0n) is 15.3. The fourth-order valence-electron chi connectivity index (χ4n) is 3.42. The quantitative estimate of drug-likeness (QED) is 0.802. The molecule has 0 unspecified atom stereocenters. The number of carbonyl (C=O) groups is 1. The lowest BCUT2D eigenvalue weighted by Crippen LogP contribution is -2.39. The molecule has 0 spiro atoms. The Kier molecular flexibility index (Phi) is 5.53. The molecule has 1 fully saturated rings. The Balaban J connectivity index is 1.65. The monoisotopic (exact) mass is 345 g/mol. The molecule has 1 amide bonds. The minimum Gasteiger partial charge on any atom is -0.351 e. The predicted molar refractivity (Wildman–Crippen MR) is 94.5 cm³/mol. The first-order valence-corrected chi connectivity index (χ1v) is 8.93. The molecule has 0 bridgehead atoms. The summed E-state index contributed by atoms with van der Waals surface area (Å²) in [6.45, 7) is 5.28. The number of rotatable bonds is 6. The SMILES string of the molecule is Cc1cc(C(=O)N2CCC[C@H](c3nccn3CCCN(C)C)C2)on1. The Morgan fingerprint density at radius 3 is 3.00 bits per heavy atom. The van der Waals surface area contributed by atoms with Gasteiger partial charge in [-0.15, -0.1) is 0 Å². The van der Waals surface area contributed by atoms with Gasteiger partial charge in [0.25, 0.3) is 5.91 Å². The molecule has 0 saturated carbocycles. The van der Waals surface area contributed by atoms with E-state index in [1.807, 2.05) is 24.2 Å². The molecule has 7 nitrogen and oxygen atoms in total. The zero-order valence-corrected chi connectivity index (χ0v) is 15.3. The van der Waals surface area contributed by atoms with Crippen molar-refractivity contribution in [3.63, 3.8) is 0 Å². The van der Waals surface area contributed by atoms with Crippen LogP contribution in [-0.4, -0.2) is 64.1 Å². The number of carbonyl (C=O) groups excluding carboxylic acids is 1. The number of piperidine rings is 1. The van der Waals surface area contributed by atoms with Crippen molar-refractivity contribution in [3.05, 3.63) is 35.7 Å². The number of hydrogen-bond donors (Lipinski definition) is 0. The lowest BCUT2D eigenvalue weighted by atomic mass is 9.96. The van der Waals surface area contributed by atoms with Crippen LogP contribution in [0.2, 0.25) is 0 Å². The molecule has 25 heavy (non-hydrogen) atoms. The van der Waals surface area contributed by atoms with Gasteiger partial charge in [-0.05, 0) is 46.8 Å². The summed E-state index contributed by atoms with van der Waals surface area (Å²) in [5.41, 5.74) is 0.730. The summed E-state index contributed by atoms with van der Waals surface area (Å²) in [7, 11) is 4.18. The highest BCUT2D eigenvalue weighted by Gasteiger charge is 2.29. The molecular formula is C18H27N5O2. The van der Waals surface area contributed by atoms with Crippen LogP contribution in [-0.2, 0) is 6.54 Å². The molecule has 136 valence electrons. The maximum atomic E-state index is 12.6. The number of amides is 1. The number of aromatic nitrogens is 3. The standard InChI is InChI=1S/C18H27N5O2/c1-14-12-16(25-20-14)18(24)23-9-4-6-15(13-23)17-19-7-11-22(17)10-5-8-21(2)3/h7,11-12,15H,4-6,8-10,13H2,1-3H3/t15-/m0/s1. The molecule has 0 N–H and O–H groups in total. The van der Waals surface area contributed by atoms with E-state index in [-0.39, 0.29) is 11.8 Å². The van der Waals surface area contributed by atoms with Crippen molar-refractivity contribution < 1.29 is 9.32 Å². The van der Waals surface area contributed by atoms with Crippen molar-refractivity contribution in [2.75, 3.05) is 33.7 Å². The molecule has 1 atom stereocenters. The van der Waals surface area contributed by atoms with E-state index in [1.165, 1.54) is 0 Å². The van der Waals surface area contributed by atoms with Crippen molar-refractivity contribution in [2.24, 2.45) is 0 Å². The van der Waals surface area contributed by atoms with Crippen molar-refractivity contribution in [2.45, 2.75) is 38.6 Å². The van der Waals surface area contributed by atoms with Crippen LogP contribution in [0.25, 0.3) is 0 Å². The Labute approximate surface area is 148 Å². The number of hydrogen-bond acceptors (Lipinski definition) is 5. The summed E-state index contributed by atoms with van der Waals surface area (Å²) in [6, 6.07) is 1.70. The van der Waals surface area contributed by atoms with E-state index >= 15 is 0 Å². The first-order chi connectivity index (χ1) is 12.0. The fourth-order valence-corrected chi connectivity index (χ4v) is 3.42. The lowest BCUT2D eigenvalue weighted by Gasteiger charge is -2.32. The molecule has 0 aliphatic carbocycles. The lowest BCUT2D eigenvalue weighted by molar-refractivity contribution is 0.0661. The average Bonchev–Trinajstić information content (AvgIpc) is 3.23. The van der Waals surface area contributed by atoms with Crippen LogP contribution < -0.4 is 0 Å². The van der Waals surface area contributed by atoms with E-state index in [4.69, 9.17) is 4.52 Å². The second kappa shape index (κ2) is 7.82.